The van der Waals surface area contributed by atoms with Crippen LogP contribution in [-0.2, 0) is 0 Å². The van der Waals surface area contributed by atoms with Crippen molar-refractivity contribution in [2.75, 3.05) is 4.90 Å². The highest BCUT2D eigenvalue weighted by atomic mass is 15.1. The highest BCUT2D eigenvalue weighted by Crippen LogP contribution is 2.39. The Kier molecular flexibility index (Phi) is 5.38. The summed E-state index contributed by atoms with van der Waals surface area (Å²) in [4.78, 5) is 1.39. The van der Waals surface area contributed by atoms with E-state index in [4.69, 9.17) is 2.74 Å². The zero-order chi connectivity index (χ0) is 39.5. The van der Waals surface area contributed by atoms with Gasteiger partial charge in [-0.25, -0.2) is 0 Å². The summed E-state index contributed by atoms with van der Waals surface area (Å²) in [6, 6.07) is 45.2. The smallest absolute Gasteiger partial charge is 0.0651 e. The first-order valence-electron chi connectivity index (χ1n) is 20.2. The van der Waals surface area contributed by atoms with Crippen molar-refractivity contribution in [3.63, 3.8) is 0 Å². The van der Waals surface area contributed by atoms with Crippen molar-refractivity contribution in [3.05, 3.63) is 200 Å². The molecule has 9 aromatic rings. The number of nitrogens with zero attached hydrogens (tertiary/aromatic N) is 1. The number of rotatable bonds is 6. The third kappa shape index (κ3) is 5.52. The third-order valence-corrected chi connectivity index (χ3v) is 8.98. The van der Waals surface area contributed by atoms with Gasteiger partial charge in [0, 0.05) is 17.1 Å². The lowest BCUT2D eigenvalue weighted by Crippen LogP contribution is -2.10. The minimum Gasteiger partial charge on any atom is -0.310 e. The second kappa shape index (κ2) is 12.3. The first-order chi connectivity index (χ1) is 27.6. The second-order valence-electron chi connectivity index (χ2n) is 12.0. The fourth-order valence-corrected chi connectivity index (χ4v) is 6.47. The van der Waals surface area contributed by atoms with Gasteiger partial charge in [-0.15, -0.1) is 0 Å². The van der Waals surface area contributed by atoms with Crippen LogP contribution >= 0.6 is 0 Å². The van der Waals surface area contributed by atoms with Crippen LogP contribution in [-0.4, -0.2) is 0 Å². The zero-order valence-electron chi connectivity index (χ0n) is 34.4. The number of hydrogen-bond acceptors (Lipinski definition) is 1. The van der Waals surface area contributed by atoms with Gasteiger partial charge in [0.05, 0.1) is 11.0 Å². The Morgan fingerprint density at radius 3 is 1.76 bits per heavy atom. The molecule has 0 heterocycles. The molecule has 0 unspecified atom stereocenters. The molecule has 0 aliphatic heterocycles. The van der Waals surface area contributed by atoms with E-state index >= 15 is 0 Å². The number of fused-ring (bicyclic) bond motifs is 4. The molecule has 1 nitrogen and oxygen atoms in total. The summed E-state index contributed by atoms with van der Waals surface area (Å²) in [6.07, 6.45) is 0. The Hall–Kier alpha value is -6.44. The van der Waals surface area contributed by atoms with Crippen LogP contribution in [0, 0.1) is 0 Å². The Bertz CT molecular complexity index is 3020. The SMILES string of the molecule is [2H]c1c([2H])c(-c2ccc3ccccc3c2)c([2H])c(N(c2ccc(-c3ccccc3)cc2)c2c([2H])c([2H])c(-c3ccc4c(ccc5ccccc54)c3)c([2H])c2[2H])c1[2H]. The largest absolute Gasteiger partial charge is 0.310 e. The molecule has 0 aliphatic rings. The van der Waals surface area contributed by atoms with E-state index in [1.54, 1.807) is 18.2 Å². The van der Waals surface area contributed by atoms with Crippen LogP contribution in [0.25, 0.3) is 65.7 Å². The third-order valence-electron chi connectivity index (χ3n) is 8.98. The molecule has 49 heavy (non-hydrogen) atoms. The van der Waals surface area contributed by atoms with Gasteiger partial charge in [-0.1, -0.05) is 152 Å². The van der Waals surface area contributed by atoms with Gasteiger partial charge in [0.25, 0.3) is 0 Å². The second-order valence-corrected chi connectivity index (χ2v) is 12.0. The van der Waals surface area contributed by atoms with Crippen LogP contribution in [0.2, 0.25) is 0 Å². The number of hydrogen-bond donors (Lipinski definition) is 0. The van der Waals surface area contributed by atoms with Crippen molar-refractivity contribution >= 4 is 49.4 Å². The lowest BCUT2D eigenvalue weighted by atomic mass is 9.97. The van der Waals surface area contributed by atoms with Crippen molar-refractivity contribution in [1.29, 1.82) is 0 Å². The summed E-state index contributed by atoms with van der Waals surface area (Å²) >= 11 is 0. The van der Waals surface area contributed by atoms with E-state index in [0.717, 1.165) is 43.4 Å². The van der Waals surface area contributed by atoms with Crippen LogP contribution < -0.4 is 4.90 Å². The number of anilines is 3. The minimum atomic E-state index is -0.440. The van der Waals surface area contributed by atoms with E-state index in [1.165, 1.54) is 4.90 Å². The Morgan fingerprint density at radius 2 is 0.918 bits per heavy atom. The fourth-order valence-electron chi connectivity index (χ4n) is 6.47. The summed E-state index contributed by atoms with van der Waals surface area (Å²) in [5.41, 5.74) is 3.19. The predicted molar refractivity (Wildman–Crippen MR) is 210 cm³/mol. The molecular weight excluding hydrogens is 591 g/mol. The monoisotopic (exact) mass is 631 g/mol. The molecule has 0 bridgehead atoms. The van der Waals surface area contributed by atoms with Gasteiger partial charge in [0.2, 0.25) is 0 Å². The maximum Gasteiger partial charge on any atom is 0.0651 e. The molecule has 1 heteroatoms. The van der Waals surface area contributed by atoms with E-state index in [2.05, 4.69) is 0 Å². The molecule has 0 atom stereocenters. The van der Waals surface area contributed by atoms with Crippen LogP contribution in [0.4, 0.5) is 17.1 Å². The van der Waals surface area contributed by atoms with Crippen molar-refractivity contribution in [1.82, 2.24) is 0 Å². The molecule has 0 spiro atoms. The molecule has 9 rings (SSSR count). The minimum absolute atomic E-state index is 0.123. The molecule has 0 fully saturated rings. The Balaban J connectivity index is 1.28. The molecule has 0 saturated carbocycles. The van der Waals surface area contributed by atoms with Crippen molar-refractivity contribution in [3.8, 4) is 33.4 Å². The maximum atomic E-state index is 9.65. The lowest BCUT2D eigenvalue weighted by molar-refractivity contribution is 1.28. The quantitative estimate of drug-likeness (QED) is 0.165. The van der Waals surface area contributed by atoms with E-state index in [9.17, 15) is 8.22 Å². The van der Waals surface area contributed by atoms with E-state index < -0.39 is 12.1 Å². The highest BCUT2D eigenvalue weighted by molar-refractivity contribution is 6.08. The maximum absolute atomic E-state index is 9.65. The lowest BCUT2D eigenvalue weighted by Gasteiger charge is -2.26. The molecule has 0 aromatic heterocycles. The van der Waals surface area contributed by atoms with Crippen LogP contribution in [0.5, 0.6) is 0 Å². The van der Waals surface area contributed by atoms with Gasteiger partial charge >= 0.3 is 0 Å². The first-order valence-corrected chi connectivity index (χ1v) is 16.2. The summed E-state index contributed by atoms with van der Waals surface area (Å²) < 4.78 is 74.7. The standard InChI is InChI=1S/C48H33N/c1-2-9-34(10-3-1)36-21-26-44(27-22-36)49(46-15-8-14-40(33-46)42-19-17-35-11-4-5-13-39(35)31-42)45-28-23-37(24-29-45)41-25-30-48-43(32-41)20-18-38-12-6-7-16-47(38)48/h1-33H/i8D,14D,15D,23D,24D,28D,29D,33D. The number of benzene rings is 9. The van der Waals surface area contributed by atoms with Crippen molar-refractivity contribution < 1.29 is 11.0 Å². The zero-order valence-corrected chi connectivity index (χ0v) is 26.4. The molecule has 0 radical (unpaired) electrons. The first kappa shape index (κ1) is 21.4. The fraction of sp³-hybridized carbons (Fsp3) is 0. The molecular formula is C48H33N. The predicted octanol–water partition coefficient (Wildman–Crippen LogP) is 13.6. The van der Waals surface area contributed by atoms with Gasteiger partial charge < -0.3 is 4.90 Å². The average Bonchev–Trinajstić information content (AvgIpc) is 3.25. The van der Waals surface area contributed by atoms with Crippen molar-refractivity contribution in [2.24, 2.45) is 0 Å². The Morgan fingerprint density at radius 1 is 0.327 bits per heavy atom. The molecule has 0 saturated heterocycles. The molecule has 230 valence electrons. The van der Waals surface area contributed by atoms with Gasteiger partial charge in [0.1, 0.15) is 0 Å². The van der Waals surface area contributed by atoms with Gasteiger partial charge in [0.15, 0.2) is 0 Å². The molecule has 9 aromatic carbocycles. The average molecular weight is 632 g/mol. The summed E-state index contributed by atoms with van der Waals surface area (Å²) in [5.74, 6) is 0. The normalized spacial score (nSPS) is 13.6. The summed E-state index contributed by atoms with van der Waals surface area (Å²) in [5, 5.41) is 5.89. The molecule has 0 aliphatic carbocycles. The van der Waals surface area contributed by atoms with Gasteiger partial charge in [-0.2, -0.15) is 0 Å². The topological polar surface area (TPSA) is 3.24 Å². The van der Waals surface area contributed by atoms with Crippen LogP contribution in [0.15, 0.2) is 200 Å². The van der Waals surface area contributed by atoms with Crippen LogP contribution in [0.3, 0.4) is 0 Å². The van der Waals surface area contributed by atoms with E-state index in [-0.39, 0.29) is 58.8 Å². The van der Waals surface area contributed by atoms with Gasteiger partial charge in [-0.05, 0) is 114 Å². The van der Waals surface area contributed by atoms with Crippen molar-refractivity contribution in [2.45, 2.75) is 0 Å². The molecule has 0 N–H and O–H groups in total. The summed E-state index contributed by atoms with van der Waals surface area (Å²) in [6.45, 7) is 0. The Labute approximate surface area is 298 Å². The highest BCUT2D eigenvalue weighted by Gasteiger charge is 2.15. The van der Waals surface area contributed by atoms with E-state index in [0.29, 0.717) is 16.8 Å². The van der Waals surface area contributed by atoms with Gasteiger partial charge in [-0.3, -0.25) is 0 Å². The summed E-state index contributed by atoms with van der Waals surface area (Å²) in [7, 11) is 0. The molecule has 0 amide bonds. The van der Waals surface area contributed by atoms with E-state index in [1.807, 2.05) is 133 Å². The van der Waals surface area contributed by atoms with Crippen LogP contribution in [0.1, 0.15) is 11.0 Å².